The van der Waals surface area contributed by atoms with E-state index in [0.717, 1.165) is 43.2 Å². The summed E-state index contributed by atoms with van der Waals surface area (Å²) in [6.45, 7) is 2.90. The Morgan fingerprint density at radius 2 is 2.25 bits per heavy atom. The van der Waals surface area contributed by atoms with Crippen LogP contribution < -0.4 is 5.32 Å². The summed E-state index contributed by atoms with van der Waals surface area (Å²) in [6, 6.07) is 6.36. The highest BCUT2D eigenvalue weighted by molar-refractivity contribution is 8.00. The van der Waals surface area contributed by atoms with E-state index in [1.54, 1.807) is 6.07 Å². The van der Waals surface area contributed by atoms with Gasteiger partial charge in [0.2, 0.25) is 0 Å². The number of halogens is 2. The van der Waals surface area contributed by atoms with E-state index in [4.69, 9.17) is 0 Å². The van der Waals surface area contributed by atoms with Crippen LogP contribution in [0.2, 0.25) is 0 Å². The number of nitriles is 1. The first-order valence-electron chi connectivity index (χ1n) is 6.86. The molecule has 1 N–H and O–H groups in total. The van der Waals surface area contributed by atoms with Crippen LogP contribution >= 0.6 is 11.8 Å². The summed E-state index contributed by atoms with van der Waals surface area (Å²) >= 11 is 1.53. The predicted molar refractivity (Wildman–Crippen MR) is 76.5 cm³/mol. The molecular weight excluding hydrogens is 278 g/mol. The molecule has 0 aliphatic heterocycles. The molecule has 1 aliphatic carbocycles. The normalized spacial score (nSPS) is 25.6. The van der Waals surface area contributed by atoms with Crippen LogP contribution in [0.4, 0.5) is 8.78 Å². The first-order chi connectivity index (χ1) is 9.58. The zero-order valence-electron chi connectivity index (χ0n) is 11.5. The third kappa shape index (κ3) is 3.50. The van der Waals surface area contributed by atoms with Gasteiger partial charge in [0.1, 0.15) is 5.54 Å². The Morgan fingerprint density at radius 1 is 1.45 bits per heavy atom. The van der Waals surface area contributed by atoms with Crippen molar-refractivity contribution < 1.29 is 8.78 Å². The third-order valence-electron chi connectivity index (χ3n) is 3.59. The molecule has 5 heteroatoms. The van der Waals surface area contributed by atoms with Crippen molar-refractivity contribution in [3.8, 4) is 6.07 Å². The number of nitrogens with zero attached hydrogens (tertiary/aromatic N) is 1. The van der Waals surface area contributed by atoms with Crippen molar-refractivity contribution in [2.24, 2.45) is 0 Å². The monoisotopic (exact) mass is 296 g/mol. The molecule has 108 valence electrons. The number of hydrogen-bond donors (Lipinski definition) is 1. The van der Waals surface area contributed by atoms with Gasteiger partial charge in [0.15, 0.2) is 11.6 Å². The maximum atomic E-state index is 13.2. The topological polar surface area (TPSA) is 35.8 Å². The quantitative estimate of drug-likeness (QED) is 0.896. The lowest BCUT2D eigenvalue weighted by Crippen LogP contribution is -2.42. The van der Waals surface area contributed by atoms with Crippen molar-refractivity contribution >= 4 is 11.8 Å². The Bertz CT molecular complexity index is 515. The lowest BCUT2D eigenvalue weighted by atomic mass is 10.00. The van der Waals surface area contributed by atoms with Gasteiger partial charge in [-0.2, -0.15) is 5.26 Å². The highest BCUT2D eigenvalue weighted by Gasteiger charge is 2.39. The first-order valence-corrected chi connectivity index (χ1v) is 7.74. The molecular formula is C15H18F2N2S. The molecule has 1 aromatic rings. The number of benzene rings is 1. The van der Waals surface area contributed by atoms with Crippen LogP contribution in [0.15, 0.2) is 23.1 Å². The fraction of sp³-hybridized carbons (Fsp3) is 0.533. The number of hydrogen-bond acceptors (Lipinski definition) is 3. The Kier molecular flexibility index (Phi) is 5.00. The fourth-order valence-electron chi connectivity index (χ4n) is 2.51. The second-order valence-corrected chi connectivity index (χ2v) is 6.55. The van der Waals surface area contributed by atoms with Gasteiger partial charge in [0, 0.05) is 10.1 Å². The molecule has 1 saturated carbocycles. The Morgan fingerprint density at radius 3 is 2.90 bits per heavy atom. The molecule has 0 spiro atoms. The first kappa shape index (κ1) is 15.3. The van der Waals surface area contributed by atoms with Crippen molar-refractivity contribution in [3.63, 3.8) is 0 Å². The smallest absolute Gasteiger partial charge is 0.159 e. The van der Waals surface area contributed by atoms with E-state index in [1.807, 2.05) is 0 Å². The minimum atomic E-state index is -0.822. The van der Waals surface area contributed by atoms with E-state index in [9.17, 15) is 14.0 Å². The predicted octanol–water partition coefficient (Wildman–Crippen LogP) is 3.87. The SMILES string of the molecule is CCCNC1(C#N)CCC(Sc2ccc(F)c(F)c2)C1. The summed E-state index contributed by atoms with van der Waals surface area (Å²) in [7, 11) is 0. The summed E-state index contributed by atoms with van der Waals surface area (Å²) < 4.78 is 26.1. The molecule has 0 bridgehead atoms. The molecule has 1 fully saturated rings. The zero-order chi connectivity index (χ0) is 14.6. The Hall–Kier alpha value is -1.12. The molecule has 0 aromatic heterocycles. The van der Waals surface area contributed by atoms with Gasteiger partial charge in [-0.05, 0) is 50.4 Å². The van der Waals surface area contributed by atoms with Gasteiger partial charge >= 0.3 is 0 Å². The summed E-state index contributed by atoms with van der Waals surface area (Å²) in [5.74, 6) is -1.64. The van der Waals surface area contributed by atoms with Crippen LogP contribution in [0, 0.1) is 23.0 Å². The minimum Gasteiger partial charge on any atom is -0.299 e. The van der Waals surface area contributed by atoms with Gasteiger partial charge in [-0.3, -0.25) is 5.32 Å². The fourth-order valence-corrected chi connectivity index (χ4v) is 3.82. The van der Waals surface area contributed by atoms with Crippen LogP contribution in [0.3, 0.4) is 0 Å². The van der Waals surface area contributed by atoms with Gasteiger partial charge in [0.25, 0.3) is 0 Å². The van der Waals surface area contributed by atoms with E-state index in [2.05, 4.69) is 18.3 Å². The van der Waals surface area contributed by atoms with Crippen LogP contribution in [0.25, 0.3) is 0 Å². The summed E-state index contributed by atoms with van der Waals surface area (Å²) in [5.41, 5.74) is -0.452. The van der Waals surface area contributed by atoms with Crippen molar-refractivity contribution in [1.82, 2.24) is 5.32 Å². The van der Waals surface area contributed by atoms with Gasteiger partial charge in [0.05, 0.1) is 6.07 Å². The van der Waals surface area contributed by atoms with Gasteiger partial charge in [-0.25, -0.2) is 8.78 Å². The van der Waals surface area contributed by atoms with E-state index < -0.39 is 17.2 Å². The maximum Gasteiger partial charge on any atom is 0.159 e. The average molecular weight is 296 g/mol. The zero-order valence-corrected chi connectivity index (χ0v) is 12.3. The highest BCUT2D eigenvalue weighted by Crippen LogP contribution is 2.40. The molecule has 2 atom stereocenters. The molecule has 2 unspecified atom stereocenters. The second-order valence-electron chi connectivity index (χ2n) is 5.18. The molecule has 0 radical (unpaired) electrons. The van der Waals surface area contributed by atoms with E-state index in [1.165, 1.54) is 17.8 Å². The molecule has 0 amide bonds. The summed E-state index contributed by atoms with van der Waals surface area (Å²) in [4.78, 5) is 0.720. The Balaban J connectivity index is 1.98. The molecule has 2 rings (SSSR count). The largest absolute Gasteiger partial charge is 0.299 e. The second kappa shape index (κ2) is 6.55. The van der Waals surface area contributed by atoms with Crippen LogP contribution in [0.1, 0.15) is 32.6 Å². The van der Waals surface area contributed by atoms with Crippen molar-refractivity contribution in [3.05, 3.63) is 29.8 Å². The molecule has 20 heavy (non-hydrogen) atoms. The van der Waals surface area contributed by atoms with Crippen molar-refractivity contribution in [2.75, 3.05) is 6.54 Å². The van der Waals surface area contributed by atoms with Gasteiger partial charge < -0.3 is 0 Å². The molecule has 1 aliphatic rings. The van der Waals surface area contributed by atoms with Crippen LogP contribution in [-0.2, 0) is 0 Å². The van der Waals surface area contributed by atoms with Gasteiger partial charge in [-0.1, -0.05) is 6.92 Å². The maximum absolute atomic E-state index is 13.2. The standard InChI is InChI=1S/C15H18F2N2S/c1-2-7-19-15(10-18)6-5-12(9-15)20-11-3-4-13(16)14(17)8-11/h3-4,8,12,19H,2,5-7,9H2,1H3. The van der Waals surface area contributed by atoms with E-state index in [-0.39, 0.29) is 5.25 Å². The van der Waals surface area contributed by atoms with E-state index >= 15 is 0 Å². The van der Waals surface area contributed by atoms with Crippen LogP contribution in [-0.4, -0.2) is 17.3 Å². The van der Waals surface area contributed by atoms with Crippen LogP contribution in [0.5, 0.6) is 0 Å². The molecule has 0 heterocycles. The summed E-state index contributed by atoms with van der Waals surface area (Å²) in [6.07, 6.45) is 3.45. The van der Waals surface area contributed by atoms with Crippen molar-refractivity contribution in [2.45, 2.75) is 48.3 Å². The minimum absolute atomic E-state index is 0.267. The third-order valence-corrected chi connectivity index (χ3v) is 4.85. The Labute approximate surface area is 122 Å². The molecule has 1 aromatic carbocycles. The number of thioether (sulfide) groups is 1. The lowest BCUT2D eigenvalue weighted by molar-refractivity contribution is 0.424. The van der Waals surface area contributed by atoms with E-state index in [0.29, 0.717) is 0 Å². The summed E-state index contributed by atoms with van der Waals surface area (Å²) in [5, 5.41) is 13.0. The molecule has 0 saturated heterocycles. The number of nitrogens with one attached hydrogen (secondary N) is 1. The number of rotatable bonds is 5. The average Bonchev–Trinajstić information content (AvgIpc) is 2.85. The highest BCUT2D eigenvalue weighted by atomic mass is 32.2. The lowest BCUT2D eigenvalue weighted by Gasteiger charge is -2.22. The molecule has 2 nitrogen and oxygen atoms in total. The van der Waals surface area contributed by atoms with Gasteiger partial charge in [-0.15, -0.1) is 11.8 Å². The van der Waals surface area contributed by atoms with Crippen molar-refractivity contribution in [1.29, 1.82) is 5.26 Å².